The number of benzene rings is 2. The Morgan fingerprint density at radius 3 is 2.61 bits per heavy atom. The standard InChI is InChI=1S/C15H10BrN3O4/c1-22-13-7-4-10(16)8-12(13)14-17-15(23-18-14)9-2-5-11(6-3-9)19(20)21/h2-8H,1H3. The van der Waals surface area contributed by atoms with Gasteiger partial charge < -0.3 is 9.26 Å². The number of nitro groups is 1. The molecule has 0 fully saturated rings. The summed E-state index contributed by atoms with van der Waals surface area (Å²) in [5.41, 5.74) is 1.28. The molecule has 0 unspecified atom stereocenters. The van der Waals surface area contributed by atoms with Gasteiger partial charge in [0, 0.05) is 22.2 Å². The van der Waals surface area contributed by atoms with Crippen molar-refractivity contribution in [1.82, 2.24) is 10.1 Å². The lowest BCUT2D eigenvalue weighted by Gasteiger charge is -2.04. The van der Waals surface area contributed by atoms with Crippen LogP contribution in [0.5, 0.6) is 5.75 Å². The summed E-state index contributed by atoms with van der Waals surface area (Å²) in [5.74, 6) is 1.26. The lowest BCUT2D eigenvalue weighted by Crippen LogP contribution is -1.89. The minimum Gasteiger partial charge on any atom is -0.496 e. The highest BCUT2D eigenvalue weighted by Crippen LogP contribution is 2.32. The lowest BCUT2D eigenvalue weighted by molar-refractivity contribution is -0.384. The smallest absolute Gasteiger partial charge is 0.269 e. The zero-order valence-corrected chi connectivity index (χ0v) is 13.5. The van der Waals surface area contributed by atoms with Gasteiger partial charge in [0.1, 0.15) is 5.75 Å². The zero-order chi connectivity index (χ0) is 16.4. The van der Waals surface area contributed by atoms with Crippen LogP contribution >= 0.6 is 15.9 Å². The van der Waals surface area contributed by atoms with Crippen LogP contribution in [0.1, 0.15) is 0 Å². The molecule has 0 saturated carbocycles. The minimum atomic E-state index is -0.463. The Balaban J connectivity index is 1.97. The molecule has 2 aromatic carbocycles. The SMILES string of the molecule is COc1ccc(Br)cc1-c1noc(-c2ccc([N+](=O)[O-])cc2)n1. The van der Waals surface area contributed by atoms with Gasteiger partial charge in [-0.25, -0.2) is 0 Å². The number of methoxy groups -OCH3 is 1. The summed E-state index contributed by atoms with van der Waals surface area (Å²) in [6.45, 7) is 0. The lowest BCUT2D eigenvalue weighted by atomic mass is 10.2. The fourth-order valence-corrected chi connectivity index (χ4v) is 2.39. The first kappa shape index (κ1) is 15.2. The molecule has 7 nitrogen and oxygen atoms in total. The predicted molar refractivity (Wildman–Crippen MR) is 86.1 cm³/mol. The van der Waals surface area contributed by atoms with E-state index in [1.807, 2.05) is 12.1 Å². The van der Waals surface area contributed by atoms with Crippen molar-refractivity contribution >= 4 is 21.6 Å². The maximum atomic E-state index is 10.7. The van der Waals surface area contributed by atoms with E-state index in [9.17, 15) is 10.1 Å². The maximum Gasteiger partial charge on any atom is 0.269 e. The monoisotopic (exact) mass is 375 g/mol. The van der Waals surface area contributed by atoms with Crippen LogP contribution in [0.3, 0.4) is 0 Å². The Morgan fingerprint density at radius 1 is 1.22 bits per heavy atom. The number of rotatable bonds is 4. The second kappa shape index (κ2) is 6.17. The van der Waals surface area contributed by atoms with Gasteiger partial charge in [0.05, 0.1) is 17.6 Å². The molecule has 8 heteroatoms. The van der Waals surface area contributed by atoms with Crippen molar-refractivity contribution in [3.05, 3.63) is 57.1 Å². The number of halogens is 1. The van der Waals surface area contributed by atoms with E-state index in [2.05, 4.69) is 26.1 Å². The van der Waals surface area contributed by atoms with E-state index in [-0.39, 0.29) is 11.6 Å². The number of nitro benzene ring substituents is 1. The molecule has 1 aromatic heterocycles. The number of hydrogen-bond donors (Lipinski definition) is 0. The molecule has 0 amide bonds. The molecule has 0 spiro atoms. The molecule has 1 heterocycles. The Morgan fingerprint density at radius 2 is 1.96 bits per heavy atom. The van der Waals surface area contributed by atoms with Crippen molar-refractivity contribution in [2.75, 3.05) is 7.11 Å². The summed E-state index contributed by atoms with van der Waals surface area (Å²) in [4.78, 5) is 14.5. The molecule has 0 atom stereocenters. The Bertz CT molecular complexity index is 861. The van der Waals surface area contributed by atoms with Gasteiger partial charge in [-0.15, -0.1) is 0 Å². The van der Waals surface area contributed by atoms with Crippen LogP contribution in [0.2, 0.25) is 0 Å². The number of hydrogen-bond acceptors (Lipinski definition) is 6. The molecule has 116 valence electrons. The number of non-ortho nitro benzene ring substituents is 1. The molecule has 0 N–H and O–H groups in total. The third kappa shape index (κ3) is 3.07. The summed E-state index contributed by atoms with van der Waals surface area (Å²) in [5, 5.41) is 14.6. The molecule has 0 aliphatic rings. The van der Waals surface area contributed by atoms with Crippen LogP contribution in [-0.2, 0) is 0 Å². The molecular weight excluding hydrogens is 366 g/mol. The second-order valence-corrected chi connectivity index (χ2v) is 5.49. The topological polar surface area (TPSA) is 91.3 Å². The molecule has 0 radical (unpaired) electrons. The highest BCUT2D eigenvalue weighted by Gasteiger charge is 2.15. The van der Waals surface area contributed by atoms with Crippen molar-refractivity contribution < 1.29 is 14.2 Å². The van der Waals surface area contributed by atoms with Crippen molar-refractivity contribution in [2.45, 2.75) is 0 Å². The fraction of sp³-hybridized carbons (Fsp3) is 0.0667. The summed E-state index contributed by atoms with van der Waals surface area (Å²) < 4.78 is 11.4. The minimum absolute atomic E-state index is 0.00199. The van der Waals surface area contributed by atoms with E-state index in [0.717, 1.165) is 4.47 Å². The Hall–Kier alpha value is -2.74. The van der Waals surface area contributed by atoms with Crippen molar-refractivity contribution in [3.8, 4) is 28.6 Å². The predicted octanol–water partition coefficient (Wildman–Crippen LogP) is 4.08. The van der Waals surface area contributed by atoms with Crippen LogP contribution in [0.4, 0.5) is 5.69 Å². The molecule has 23 heavy (non-hydrogen) atoms. The quantitative estimate of drug-likeness (QED) is 0.503. The first-order chi connectivity index (χ1) is 11.1. The molecule has 3 rings (SSSR count). The first-order valence-electron chi connectivity index (χ1n) is 6.51. The Labute approximate surface area is 139 Å². The average molecular weight is 376 g/mol. The maximum absolute atomic E-state index is 10.7. The van der Waals surface area contributed by atoms with Crippen LogP contribution in [0, 0.1) is 10.1 Å². The van der Waals surface area contributed by atoms with Gasteiger partial charge in [0.15, 0.2) is 0 Å². The van der Waals surface area contributed by atoms with Crippen LogP contribution in [0.15, 0.2) is 51.5 Å². The molecular formula is C15H10BrN3O4. The van der Waals surface area contributed by atoms with E-state index in [1.165, 1.54) is 12.1 Å². The van der Waals surface area contributed by atoms with Crippen molar-refractivity contribution in [2.24, 2.45) is 0 Å². The van der Waals surface area contributed by atoms with Crippen molar-refractivity contribution in [3.63, 3.8) is 0 Å². The molecule has 0 bridgehead atoms. The normalized spacial score (nSPS) is 10.5. The van der Waals surface area contributed by atoms with Gasteiger partial charge in [0.25, 0.3) is 11.6 Å². The highest BCUT2D eigenvalue weighted by atomic mass is 79.9. The Kier molecular flexibility index (Phi) is 4.07. The van der Waals surface area contributed by atoms with Gasteiger partial charge in [0.2, 0.25) is 5.82 Å². The number of nitrogens with zero attached hydrogens (tertiary/aromatic N) is 3. The van der Waals surface area contributed by atoms with Crippen LogP contribution in [-0.4, -0.2) is 22.2 Å². The third-order valence-electron chi connectivity index (χ3n) is 3.15. The van der Waals surface area contributed by atoms with E-state index in [4.69, 9.17) is 9.26 Å². The van der Waals surface area contributed by atoms with Gasteiger partial charge >= 0.3 is 0 Å². The van der Waals surface area contributed by atoms with E-state index in [1.54, 1.807) is 25.3 Å². The van der Waals surface area contributed by atoms with E-state index >= 15 is 0 Å². The summed E-state index contributed by atoms with van der Waals surface area (Å²) in [7, 11) is 1.56. The average Bonchev–Trinajstić information content (AvgIpc) is 3.04. The molecule has 0 saturated heterocycles. The zero-order valence-electron chi connectivity index (χ0n) is 11.9. The van der Waals surface area contributed by atoms with Crippen LogP contribution < -0.4 is 4.74 Å². The molecule has 0 aliphatic heterocycles. The number of aromatic nitrogens is 2. The summed E-state index contributed by atoms with van der Waals surface area (Å²) in [6.07, 6.45) is 0. The summed E-state index contributed by atoms with van der Waals surface area (Å²) in [6, 6.07) is 11.4. The summed E-state index contributed by atoms with van der Waals surface area (Å²) >= 11 is 3.39. The largest absolute Gasteiger partial charge is 0.496 e. The van der Waals surface area contributed by atoms with Crippen molar-refractivity contribution in [1.29, 1.82) is 0 Å². The molecule has 3 aromatic rings. The first-order valence-corrected chi connectivity index (χ1v) is 7.30. The van der Waals surface area contributed by atoms with Gasteiger partial charge in [-0.3, -0.25) is 10.1 Å². The van der Waals surface area contributed by atoms with E-state index in [0.29, 0.717) is 22.7 Å². The van der Waals surface area contributed by atoms with Gasteiger partial charge in [-0.2, -0.15) is 4.98 Å². The molecule has 0 aliphatic carbocycles. The fourth-order valence-electron chi connectivity index (χ4n) is 2.03. The van der Waals surface area contributed by atoms with Gasteiger partial charge in [-0.1, -0.05) is 21.1 Å². The third-order valence-corrected chi connectivity index (χ3v) is 3.65. The highest BCUT2D eigenvalue weighted by molar-refractivity contribution is 9.10. The number of ether oxygens (including phenoxy) is 1. The van der Waals surface area contributed by atoms with Gasteiger partial charge in [-0.05, 0) is 30.3 Å². The second-order valence-electron chi connectivity index (χ2n) is 4.57. The van der Waals surface area contributed by atoms with Crippen LogP contribution in [0.25, 0.3) is 22.8 Å². The van der Waals surface area contributed by atoms with E-state index < -0.39 is 4.92 Å².